The van der Waals surface area contributed by atoms with E-state index in [2.05, 4.69) is 39.2 Å². The number of aliphatic hydroxyl groups is 1. The Morgan fingerprint density at radius 2 is 2.11 bits per heavy atom. The zero-order valence-electron chi connectivity index (χ0n) is 20.8. The molecule has 1 amide bonds. The molecule has 184 valence electrons. The average molecular weight is 483 g/mol. The molecule has 0 aliphatic carbocycles. The molecule has 0 saturated carbocycles. The fourth-order valence-electron chi connectivity index (χ4n) is 5.02. The Bertz CT molecular complexity index is 1420. The number of nitrogens with zero attached hydrogens (tertiary/aromatic N) is 5. The molecule has 0 radical (unpaired) electrons. The highest BCUT2D eigenvalue weighted by Gasteiger charge is 2.36. The van der Waals surface area contributed by atoms with Crippen LogP contribution in [0.5, 0.6) is 0 Å². The van der Waals surface area contributed by atoms with E-state index < -0.39 is 5.60 Å². The number of amides is 1. The van der Waals surface area contributed by atoms with E-state index in [1.165, 1.54) is 13.8 Å². The van der Waals surface area contributed by atoms with Crippen LogP contribution in [0.25, 0.3) is 22.2 Å². The van der Waals surface area contributed by atoms with Crippen LogP contribution >= 0.6 is 0 Å². The van der Waals surface area contributed by atoms with Gasteiger partial charge in [0.2, 0.25) is 0 Å². The number of carbonyl (C=O) groups excluding carboxylic acids is 1. The lowest BCUT2D eigenvalue weighted by molar-refractivity contribution is -0.150. The number of fused-ring (bicyclic) bond motifs is 1. The fraction of sp³-hybridized carbons (Fsp3) is 0.321. The molecule has 5 rings (SSSR count). The number of benzene rings is 1. The lowest BCUT2D eigenvalue weighted by Gasteiger charge is -2.42. The Labute approximate surface area is 210 Å². The number of pyridine rings is 1. The van der Waals surface area contributed by atoms with Gasteiger partial charge in [0.15, 0.2) is 0 Å². The van der Waals surface area contributed by atoms with Gasteiger partial charge in [0.1, 0.15) is 11.4 Å². The summed E-state index contributed by atoms with van der Waals surface area (Å²) >= 11 is 0. The minimum Gasteiger partial charge on any atom is -0.387 e. The van der Waals surface area contributed by atoms with Crippen molar-refractivity contribution in [3.8, 4) is 11.8 Å². The molecule has 4 heterocycles. The number of hydrogen-bond donors (Lipinski definition) is 2. The maximum atomic E-state index is 12.8. The molecule has 1 aromatic carbocycles. The highest BCUT2D eigenvalue weighted by atomic mass is 16.3. The largest absolute Gasteiger partial charge is 0.387 e. The number of piperazine rings is 1. The first-order chi connectivity index (χ1) is 17.3. The SMILES string of the molecule is CC1CN(c2nccc3c2c(C2=CCNC=C2)cn3-c2cccc(C#N)c2)CCN1C(=O)C(C)(C)O. The van der Waals surface area contributed by atoms with Gasteiger partial charge in [-0.15, -0.1) is 0 Å². The summed E-state index contributed by atoms with van der Waals surface area (Å²) in [6, 6.07) is 11.7. The summed E-state index contributed by atoms with van der Waals surface area (Å²) in [5.41, 5.74) is 3.29. The van der Waals surface area contributed by atoms with Crippen LogP contribution in [0.2, 0.25) is 0 Å². The number of anilines is 1. The summed E-state index contributed by atoms with van der Waals surface area (Å²) in [7, 11) is 0. The maximum absolute atomic E-state index is 12.8. The van der Waals surface area contributed by atoms with Gasteiger partial charge in [0.05, 0.1) is 22.5 Å². The van der Waals surface area contributed by atoms with Crippen molar-refractivity contribution in [2.75, 3.05) is 31.1 Å². The second kappa shape index (κ2) is 9.17. The predicted octanol–water partition coefficient (Wildman–Crippen LogP) is 3.21. The van der Waals surface area contributed by atoms with Crippen LogP contribution in [0.4, 0.5) is 5.82 Å². The Kier molecular flexibility index (Phi) is 6.02. The normalized spacial score (nSPS) is 18.1. The third kappa shape index (κ3) is 4.23. The van der Waals surface area contributed by atoms with Crippen LogP contribution in [0.1, 0.15) is 31.9 Å². The van der Waals surface area contributed by atoms with E-state index in [9.17, 15) is 15.2 Å². The number of nitriles is 1. The zero-order valence-corrected chi connectivity index (χ0v) is 20.8. The van der Waals surface area contributed by atoms with E-state index in [1.54, 1.807) is 11.0 Å². The molecule has 1 fully saturated rings. The van der Waals surface area contributed by atoms with Crippen molar-refractivity contribution in [3.63, 3.8) is 0 Å². The molecule has 2 aliphatic heterocycles. The van der Waals surface area contributed by atoms with Gasteiger partial charge >= 0.3 is 0 Å². The van der Waals surface area contributed by atoms with E-state index in [0.29, 0.717) is 25.2 Å². The van der Waals surface area contributed by atoms with Gasteiger partial charge < -0.3 is 24.8 Å². The highest BCUT2D eigenvalue weighted by Crippen LogP contribution is 2.37. The molecule has 2 aliphatic rings. The van der Waals surface area contributed by atoms with Crippen LogP contribution in [0, 0.1) is 11.3 Å². The number of carbonyl (C=O) groups is 1. The van der Waals surface area contributed by atoms with Crippen LogP contribution in [-0.4, -0.2) is 63.3 Å². The summed E-state index contributed by atoms with van der Waals surface area (Å²) in [6.07, 6.45) is 10.1. The third-order valence-corrected chi connectivity index (χ3v) is 6.79. The Hall–Kier alpha value is -4.09. The van der Waals surface area contributed by atoms with Gasteiger partial charge in [0, 0.05) is 55.9 Å². The van der Waals surface area contributed by atoms with Crippen LogP contribution in [0.15, 0.2) is 61.1 Å². The number of nitrogens with one attached hydrogen (secondary N) is 1. The maximum Gasteiger partial charge on any atom is 0.254 e. The van der Waals surface area contributed by atoms with Crippen molar-refractivity contribution in [3.05, 3.63) is 72.2 Å². The highest BCUT2D eigenvalue weighted by molar-refractivity contribution is 6.03. The molecular weight excluding hydrogens is 452 g/mol. The Morgan fingerprint density at radius 1 is 1.28 bits per heavy atom. The van der Waals surface area contributed by atoms with Gasteiger partial charge in [-0.05, 0) is 62.9 Å². The van der Waals surface area contributed by atoms with Crippen LogP contribution in [-0.2, 0) is 4.79 Å². The van der Waals surface area contributed by atoms with Crippen molar-refractivity contribution < 1.29 is 9.90 Å². The van der Waals surface area contributed by atoms with Gasteiger partial charge in [-0.25, -0.2) is 4.98 Å². The van der Waals surface area contributed by atoms with Crippen molar-refractivity contribution in [2.24, 2.45) is 0 Å². The molecule has 1 atom stereocenters. The standard InChI is InChI=1S/C28H30N6O2/c1-19-17-32(13-14-33(19)27(35)28(2,3)36)26-25-23(21-7-10-30-11-8-21)18-34(24(25)9-12-31-26)22-6-4-5-20(15-22)16-29/h4-10,12,15,18-19,30,36H,11,13-14,17H2,1-3H3. The molecule has 3 aromatic rings. The van der Waals surface area contributed by atoms with E-state index in [4.69, 9.17) is 4.98 Å². The summed E-state index contributed by atoms with van der Waals surface area (Å²) in [6.45, 7) is 7.55. The van der Waals surface area contributed by atoms with E-state index in [1.807, 2.05) is 43.6 Å². The molecule has 0 bridgehead atoms. The van der Waals surface area contributed by atoms with Crippen molar-refractivity contribution >= 4 is 28.2 Å². The van der Waals surface area contributed by atoms with Crippen LogP contribution < -0.4 is 10.2 Å². The lowest BCUT2D eigenvalue weighted by Crippen LogP contribution is -2.58. The number of aromatic nitrogens is 2. The number of dihydropyridines is 1. The first-order valence-electron chi connectivity index (χ1n) is 12.2. The number of allylic oxidation sites excluding steroid dienone is 2. The molecular formula is C28H30N6O2. The number of rotatable bonds is 4. The van der Waals surface area contributed by atoms with Crippen molar-refractivity contribution in [2.45, 2.75) is 32.4 Å². The van der Waals surface area contributed by atoms with E-state index >= 15 is 0 Å². The third-order valence-electron chi connectivity index (χ3n) is 6.79. The van der Waals surface area contributed by atoms with Gasteiger partial charge in [-0.3, -0.25) is 4.79 Å². The van der Waals surface area contributed by atoms with Gasteiger partial charge in [-0.2, -0.15) is 5.26 Å². The topological polar surface area (TPSA) is 97.4 Å². The summed E-state index contributed by atoms with van der Waals surface area (Å²) < 4.78 is 2.12. The minimum atomic E-state index is -1.40. The number of hydrogen-bond acceptors (Lipinski definition) is 6. The fourth-order valence-corrected chi connectivity index (χ4v) is 5.02. The smallest absolute Gasteiger partial charge is 0.254 e. The first-order valence-corrected chi connectivity index (χ1v) is 12.2. The van der Waals surface area contributed by atoms with Crippen molar-refractivity contribution in [1.82, 2.24) is 19.8 Å². The molecule has 0 spiro atoms. The molecule has 2 aromatic heterocycles. The van der Waals surface area contributed by atoms with Gasteiger partial charge in [-0.1, -0.05) is 12.1 Å². The zero-order chi connectivity index (χ0) is 25.4. The Morgan fingerprint density at radius 3 is 2.81 bits per heavy atom. The van der Waals surface area contributed by atoms with E-state index in [0.717, 1.165) is 40.1 Å². The predicted molar refractivity (Wildman–Crippen MR) is 141 cm³/mol. The first kappa shape index (κ1) is 23.6. The molecule has 8 heteroatoms. The molecule has 36 heavy (non-hydrogen) atoms. The summed E-state index contributed by atoms with van der Waals surface area (Å²) in [4.78, 5) is 21.6. The molecule has 1 saturated heterocycles. The van der Waals surface area contributed by atoms with Gasteiger partial charge in [0.25, 0.3) is 5.91 Å². The second-order valence-corrected chi connectivity index (χ2v) is 9.86. The second-order valence-electron chi connectivity index (χ2n) is 9.86. The lowest BCUT2D eigenvalue weighted by atomic mass is 10.0. The van der Waals surface area contributed by atoms with Crippen LogP contribution in [0.3, 0.4) is 0 Å². The monoisotopic (exact) mass is 482 g/mol. The molecule has 8 nitrogen and oxygen atoms in total. The summed E-state index contributed by atoms with van der Waals surface area (Å²) in [5.74, 6) is 0.614. The van der Waals surface area contributed by atoms with E-state index in [-0.39, 0.29) is 11.9 Å². The summed E-state index contributed by atoms with van der Waals surface area (Å²) in [5, 5.41) is 23.9. The quantitative estimate of drug-likeness (QED) is 0.593. The molecule has 1 unspecified atom stereocenters. The minimum absolute atomic E-state index is 0.0782. The average Bonchev–Trinajstić information content (AvgIpc) is 3.28. The molecule has 2 N–H and O–H groups in total. The van der Waals surface area contributed by atoms with Crippen molar-refractivity contribution in [1.29, 1.82) is 5.26 Å². The Balaban J connectivity index is 1.61.